The summed E-state index contributed by atoms with van der Waals surface area (Å²) in [7, 11) is 0. The first-order valence-electron chi connectivity index (χ1n) is 8.42. The monoisotopic (exact) mass is 264 g/mol. The van der Waals surface area contributed by atoms with E-state index in [1.807, 2.05) is 0 Å². The van der Waals surface area contributed by atoms with Crippen molar-refractivity contribution < 1.29 is 0 Å². The van der Waals surface area contributed by atoms with Gasteiger partial charge in [0.25, 0.3) is 0 Å². The van der Waals surface area contributed by atoms with Crippen LogP contribution in [0.25, 0.3) is 0 Å². The normalized spacial score (nSPS) is 36.3. The summed E-state index contributed by atoms with van der Waals surface area (Å²) in [6, 6.07) is 1.56. The van der Waals surface area contributed by atoms with Crippen molar-refractivity contribution >= 4 is 0 Å². The Balaban J connectivity index is 1.63. The Morgan fingerprint density at radius 1 is 0.947 bits per heavy atom. The summed E-state index contributed by atoms with van der Waals surface area (Å²) >= 11 is 0. The van der Waals surface area contributed by atoms with E-state index in [1.54, 1.807) is 0 Å². The molecule has 0 aromatic rings. The fourth-order valence-electron chi connectivity index (χ4n) is 4.96. The molecule has 1 N–H and O–H groups in total. The van der Waals surface area contributed by atoms with Gasteiger partial charge < -0.3 is 5.32 Å². The summed E-state index contributed by atoms with van der Waals surface area (Å²) in [5.74, 6) is 0.946. The molecule has 2 nitrogen and oxygen atoms in total. The van der Waals surface area contributed by atoms with Gasteiger partial charge in [0.05, 0.1) is 0 Å². The summed E-state index contributed by atoms with van der Waals surface area (Å²) in [4.78, 5) is 2.80. The average Bonchev–Trinajstić information content (AvgIpc) is 2.81. The van der Waals surface area contributed by atoms with Gasteiger partial charge >= 0.3 is 0 Å². The number of nitrogens with one attached hydrogen (secondary N) is 1. The summed E-state index contributed by atoms with van der Waals surface area (Å²) in [5, 5.41) is 3.81. The highest BCUT2D eigenvalue weighted by atomic mass is 15.3. The second kappa shape index (κ2) is 4.73. The summed E-state index contributed by atoms with van der Waals surface area (Å²) < 4.78 is 0. The van der Waals surface area contributed by atoms with E-state index in [4.69, 9.17) is 0 Å². The van der Waals surface area contributed by atoms with Crippen molar-refractivity contribution in [2.75, 3.05) is 19.6 Å². The molecule has 1 atom stereocenters. The molecule has 3 aliphatic rings. The molecule has 0 aromatic carbocycles. The molecule has 2 heteroatoms. The second-order valence-electron chi connectivity index (χ2n) is 8.30. The van der Waals surface area contributed by atoms with Gasteiger partial charge in [-0.2, -0.15) is 0 Å². The van der Waals surface area contributed by atoms with Crippen molar-refractivity contribution in [1.29, 1.82) is 0 Å². The number of nitrogens with zero attached hydrogens (tertiary/aromatic N) is 1. The molecule has 19 heavy (non-hydrogen) atoms. The van der Waals surface area contributed by atoms with Crippen molar-refractivity contribution in [2.45, 2.75) is 71.9 Å². The molecule has 1 saturated heterocycles. The minimum Gasteiger partial charge on any atom is -0.311 e. The Kier molecular flexibility index (Phi) is 3.46. The van der Waals surface area contributed by atoms with E-state index in [0.717, 1.165) is 18.0 Å². The number of hydrogen-bond acceptors (Lipinski definition) is 2. The molecule has 1 unspecified atom stereocenters. The van der Waals surface area contributed by atoms with Crippen LogP contribution >= 0.6 is 0 Å². The maximum atomic E-state index is 3.81. The third kappa shape index (κ3) is 2.25. The lowest BCUT2D eigenvalue weighted by molar-refractivity contribution is 0.124. The van der Waals surface area contributed by atoms with E-state index >= 15 is 0 Å². The number of rotatable bonds is 2. The van der Waals surface area contributed by atoms with Gasteiger partial charge in [0, 0.05) is 31.7 Å². The highest BCUT2D eigenvalue weighted by molar-refractivity contribution is 5.19. The minimum absolute atomic E-state index is 0.501. The Morgan fingerprint density at radius 3 is 2.16 bits per heavy atom. The molecule has 1 heterocycles. The highest BCUT2D eigenvalue weighted by Crippen LogP contribution is 2.65. The molecule has 0 radical (unpaired) electrons. The zero-order valence-corrected chi connectivity index (χ0v) is 13.3. The van der Waals surface area contributed by atoms with Crippen LogP contribution in [0.4, 0.5) is 0 Å². The minimum atomic E-state index is 0.501. The summed E-state index contributed by atoms with van der Waals surface area (Å²) in [6.45, 7) is 13.6. The van der Waals surface area contributed by atoms with Crippen LogP contribution in [0.3, 0.4) is 0 Å². The molecule has 3 fully saturated rings. The van der Waals surface area contributed by atoms with Gasteiger partial charge in [-0.1, -0.05) is 47.0 Å². The molecule has 2 saturated carbocycles. The third-order valence-corrected chi connectivity index (χ3v) is 6.77. The van der Waals surface area contributed by atoms with Crippen LogP contribution in [0.1, 0.15) is 59.8 Å². The fraction of sp³-hybridized carbons (Fsp3) is 1.00. The van der Waals surface area contributed by atoms with Gasteiger partial charge in [0.1, 0.15) is 0 Å². The zero-order valence-electron chi connectivity index (χ0n) is 13.3. The number of piperazine rings is 1. The smallest absolute Gasteiger partial charge is 0.0223 e. The van der Waals surface area contributed by atoms with Crippen LogP contribution < -0.4 is 5.32 Å². The van der Waals surface area contributed by atoms with Crippen molar-refractivity contribution in [3.63, 3.8) is 0 Å². The maximum Gasteiger partial charge on any atom is 0.0223 e. The summed E-state index contributed by atoms with van der Waals surface area (Å²) in [6.07, 6.45) is 7.31. The largest absolute Gasteiger partial charge is 0.311 e. The highest BCUT2D eigenvalue weighted by Gasteiger charge is 2.67. The quantitative estimate of drug-likeness (QED) is 0.823. The van der Waals surface area contributed by atoms with Gasteiger partial charge in [-0.05, 0) is 29.6 Å². The molecule has 0 spiro atoms. The van der Waals surface area contributed by atoms with Crippen LogP contribution in [0.5, 0.6) is 0 Å². The maximum absolute atomic E-state index is 3.81. The van der Waals surface area contributed by atoms with Crippen LogP contribution in [-0.4, -0.2) is 36.6 Å². The van der Waals surface area contributed by atoms with E-state index in [2.05, 4.69) is 37.9 Å². The van der Waals surface area contributed by atoms with Crippen LogP contribution in [0.15, 0.2) is 0 Å². The lowest BCUT2D eigenvalue weighted by Gasteiger charge is -2.40. The van der Waals surface area contributed by atoms with Crippen LogP contribution in [-0.2, 0) is 0 Å². The second-order valence-corrected chi connectivity index (χ2v) is 8.30. The zero-order chi connectivity index (χ0) is 13.7. The van der Waals surface area contributed by atoms with Gasteiger partial charge in [0.2, 0.25) is 0 Å². The lowest BCUT2D eigenvalue weighted by atomic mass is 9.83. The molecule has 0 aromatic heterocycles. The van der Waals surface area contributed by atoms with Crippen LogP contribution in [0, 0.1) is 16.7 Å². The van der Waals surface area contributed by atoms with Crippen molar-refractivity contribution in [3.05, 3.63) is 0 Å². The molecule has 3 rings (SSSR count). The Labute approximate surface area is 119 Å². The van der Waals surface area contributed by atoms with Crippen molar-refractivity contribution in [2.24, 2.45) is 16.7 Å². The first kappa shape index (κ1) is 13.9. The predicted molar refractivity (Wildman–Crippen MR) is 81.3 cm³/mol. The Bertz CT molecular complexity index is 314. The Hall–Kier alpha value is -0.0800. The van der Waals surface area contributed by atoms with Gasteiger partial charge in [0.15, 0.2) is 0 Å². The van der Waals surface area contributed by atoms with Gasteiger partial charge in [-0.25, -0.2) is 0 Å². The van der Waals surface area contributed by atoms with E-state index in [-0.39, 0.29) is 0 Å². The predicted octanol–water partition coefficient (Wildman–Crippen LogP) is 3.28. The molecular weight excluding hydrogens is 232 g/mol. The first-order valence-corrected chi connectivity index (χ1v) is 8.42. The van der Waals surface area contributed by atoms with Crippen LogP contribution in [0.2, 0.25) is 0 Å². The van der Waals surface area contributed by atoms with Crippen molar-refractivity contribution in [1.82, 2.24) is 10.2 Å². The molecule has 2 aliphatic carbocycles. The summed E-state index contributed by atoms with van der Waals surface area (Å²) in [5.41, 5.74) is 1.00. The molecule has 1 aliphatic heterocycles. The third-order valence-electron chi connectivity index (χ3n) is 6.77. The standard InChI is InChI=1S/C17H32N2/c1-16(2)15(17(16,3)4)19-11-10-18-14(12-19)13-8-6-5-7-9-13/h13-15,18H,5-12H2,1-4H3. The van der Waals surface area contributed by atoms with E-state index in [0.29, 0.717) is 10.8 Å². The Morgan fingerprint density at radius 2 is 1.58 bits per heavy atom. The molecule has 0 bridgehead atoms. The first-order chi connectivity index (χ1) is 8.94. The number of hydrogen-bond donors (Lipinski definition) is 1. The molecular formula is C17H32N2. The van der Waals surface area contributed by atoms with Gasteiger partial charge in [-0.15, -0.1) is 0 Å². The average molecular weight is 264 g/mol. The van der Waals surface area contributed by atoms with Gasteiger partial charge in [-0.3, -0.25) is 4.90 Å². The van der Waals surface area contributed by atoms with E-state index < -0.39 is 0 Å². The SMILES string of the molecule is CC1(C)C(N2CCNC(C3CCCCC3)C2)C1(C)C. The molecule has 110 valence electrons. The van der Waals surface area contributed by atoms with E-state index in [9.17, 15) is 0 Å². The lowest BCUT2D eigenvalue weighted by Crippen LogP contribution is -2.55. The van der Waals surface area contributed by atoms with Crippen molar-refractivity contribution in [3.8, 4) is 0 Å². The van der Waals surface area contributed by atoms with E-state index in [1.165, 1.54) is 51.7 Å². The topological polar surface area (TPSA) is 15.3 Å². The molecule has 0 amide bonds. The fourth-order valence-corrected chi connectivity index (χ4v) is 4.96.